The molecule has 0 unspecified atom stereocenters. The van der Waals surface area contributed by atoms with Crippen molar-refractivity contribution in [1.29, 1.82) is 0 Å². The molecule has 0 aromatic carbocycles. The molecule has 7 atom stereocenters. The zero-order valence-corrected chi connectivity index (χ0v) is 19.8. The highest BCUT2D eigenvalue weighted by atomic mass is 32.2. The van der Waals surface area contributed by atoms with E-state index in [1.807, 2.05) is 6.07 Å². The van der Waals surface area contributed by atoms with Crippen molar-refractivity contribution in [3.63, 3.8) is 0 Å². The van der Waals surface area contributed by atoms with Crippen molar-refractivity contribution in [2.75, 3.05) is 13.2 Å². The molecule has 3 fully saturated rings. The van der Waals surface area contributed by atoms with Crippen LogP contribution in [0.15, 0.2) is 27.3 Å². The first kappa shape index (κ1) is 20.7. The first-order valence-corrected chi connectivity index (χ1v) is 13.5. The van der Waals surface area contributed by atoms with Crippen LogP contribution >= 0.6 is 34.4 Å². The van der Waals surface area contributed by atoms with E-state index in [0.29, 0.717) is 0 Å². The van der Waals surface area contributed by atoms with Crippen LogP contribution in [0.2, 0.25) is 0 Å². The quantitative estimate of drug-likeness (QED) is 0.511. The SMILES string of the molecule is CCOC(=O)CCN1C(=O)[C@@H]2[C@H]3C[C@H]([C@H]4Sc5[nH]c(=O)sc5[C@@H](c5cccs5)[C@H]34)[C@@H]2C1=O. The first-order chi connectivity index (χ1) is 15.5. The predicted octanol–water partition coefficient (Wildman–Crippen LogP) is 2.92. The highest BCUT2D eigenvalue weighted by Gasteiger charge is 2.69. The number of carbonyl (C=O) groups is 3. The van der Waals surface area contributed by atoms with Gasteiger partial charge in [-0.2, -0.15) is 0 Å². The van der Waals surface area contributed by atoms with Crippen molar-refractivity contribution in [2.24, 2.45) is 29.6 Å². The molecule has 2 aliphatic carbocycles. The molecule has 7 nitrogen and oxygen atoms in total. The number of carbonyl (C=O) groups excluding carboxylic acids is 3. The summed E-state index contributed by atoms with van der Waals surface area (Å²) < 4.78 is 4.97. The van der Waals surface area contributed by atoms with Gasteiger partial charge in [-0.3, -0.25) is 24.1 Å². The van der Waals surface area contributed by atoms with E-state index in [4.69, 9.17) is 4.74 Å². The lowest BCUT2D eigenvalue weighted by Crippen LogP contribution is -2.42. The first-order valence-electron chi connectivity index (χ1n) is 10.9. The molecule has 168 valence electrons. The van der Waals surface area contributed by atoms with Crippen molar-refractivity contribution >= 4 is 52.2 Å². The normalized spacial score (nSPS) is 34.5. The van der Waals surface area contributed by atoms with Gasteiger partial charge in [-0.1, -0.05) is 17.4 Å². The topological polar surface area (TPSA) is 96.5 Å². The summed E-state index contributed by atoms with van der Waals surface area (Å²) in [5.41, 5.74) is 0. The van der Waals surface area contributed by atoms with Crippen LogP contribution in [-0.2, 0) is 19.1 Å². The van der Waals surface area contributed by atoms with E-state index in [1.165, 1.54) is 21.1 Å². The van der Waals surface area contributed by atoms with Crippen LogP contribution in [-0.4, -0.2) is 46.1 Å². The van der Waals surface area contributed by atoms with Crippen molar-refractivity contribution in [1.82, 2.24) is 9.88 Å². The number of esters is 1. The Labute approximate surface area is 196 Å². The molecular weight excluding hydrogens is 468 g/mol. The third-order valence-corrected chi connectivity index (χ3v) is 11.1. The van der Waals surface area contributed by atoms with Gasteiger partial charge in [0.2, 0.25) is 11.8 Å². The molecule has 32 heavy (non-hydrogen) atoms. The van der Waals surface area contributed by atoms with E-state index >= 15 is 0 Å². The molecular formula is C22H22N2O5S3. The van der Waals surface area contributed by atoms with Gasteiger partial charge in [-0.15, -0.1) is 23.1 Å². The fourth-order valence-corrected chi connectivity index (χ4v) is 10.4. The van der Waals surface area contributed by atoms with Gasteiger partial charge in [0, 0.05) is 27.5 Å². The molecule has 0 radical (unpaired) electrons. The highest BCUT2D eigenvalue weighted by Crippen LogP contribution is 2.68. The van der Waals surface area contributed by atoms with Crippen molar-refractivity contribution < 1.29 is 19.1 Å². The largest absolute Gasteiger partial charge is 0.466 e. The van der Waals surface area contributed by atoms with E-state index in [0.717, 1.165) is 16.3 Å². The molecule has 0 spiro atoms. The van der Waals surface area contributed by atoms with Crippen molar-refractivity contribution in [2.45, 2.75) is 36.0 Å². The number of nitrogens with zero attached hydrogens (tertiary/aromatic N) is 1. The van der Waals surface area contributed by atoms with Gasteiger partial charge in [0.15, 0.2) is 0 Å². The maximum atomic E-state index is 13.4. The number of ether oxygens (including phenoxy) is 1. The summed E-state index contributed by atoms with van der Waals surface area (Å²) in [7, 11) is 0. The Kier molecular flexibility index (Phi) is 4.89. The van der Waals surface area contributed by atoms with Gasteiger partial charge in [0.05, 0.1) is 29.9 Å². The summed E-state index contributed by atoms with van der Waals surface area (Å²) in [6, 6.07) is 4.15. The molecule has 2 aliphatic heterocycles. The van der Waals surface area contributed by atoms with Gasteiger partial charge >= 0.3 is 10.8 Å². The number of thiazole rings is 1. The minimum atomic E-state index is -0.386. The van der Waals surface area contributed by atoms with Gasteiger partial charge < -0.3 is 9.72 Å². The Balaban J connectivity index is 1.33. The zero-order valence-electron chi connectivity index (χ0n) is 17.3. The van der Waals surface area contributed by atoms with Crippen LogP contribution in [0, 0.1) is 29.6 Å². The summed E-state index contributed by atoms with van der Waals surface area (Å²) in [5, 5.41) is 3.19. The maximum Gasteiger partial charge on any atom is 0.307 e. The molecule has 2 saturated carbocycles. The van der Waals surface area contributed by atoms with Crippen LogP contribution in [0.5, 0.6) is 0 Å². The maximum absolute atomic E-state index is 13.4. The van der Waals surface area contributed by atoms with Gasteiger partial charge in [0.1, 0.15) is 0 Å². The number of imide groups is 1. The number of fused-ring (bicyclic) bond motifs is 9. The summed E-state index contributed by atoms with van der Waals surface area (Å²) in [5.74, 6) is -0.712. The smallest absolute Gasteiger partial charge is 0.307 e. The lowest BCUT2D eigenvalue weighted by atomic mass is 9.69. The number of aromatic amines is 1. The van der Waals surface area contributed by atoms with Gasteiger partial charge in [-0.05, 0) is 42.5 Å². The van der Waals surface area contributed by atoms with E-state index in [1.54, 1.807) is 30.0 Å². The zero-order chi connectivity index (χ0) is 22.1. The average molecular weight is 491 g/mol. The Hall–Kier alpha value is -1.91. The summed E-state index contributed by atoms with van der Waals surface area (Å²) in [4.78, 5) is 57.2. The van der Waals surface area contributed by atoms with Crippen molar-refractivity contribution in [3.05, 3.63) is 36.9 Å². The Morgan fingerprint density at radius 2 is 2.00 bits per heavy atom. The monoisotopic (exact) mass is 490 g/mol. The number of amides is 2. The fourth-order valence-electron chi connectivity index (χ4n) is 6.52. The Bertz CT molecular complexity index is 1150. The second-order valence-corrected chi connectivity index (χ2v) is 12.0. The molecule has 1 N–H and O–H groups in total. The van der Waals surface area contributed by atoms with Crippen LogP contribution in [0.25, 0.3) is 0 Å². The van der Waals surface area contributed by atoms with E-state index in [2.05, 4.69) is 16.4 Å². The standard InChI is InChI=1S/C22H22N2O5S3/c1-2-29-12(25)5-6-24-20(26)14-9-8-10(15(14)21(24)27)17-13(9)16(11-4-3-7-30-11)18-19(31-17)23-22(28)32-18/h3-4,7,9-10,13-17H,2,5-6,8H2,1H3,(H,23,28)/t9-,10-,13-,14+,15-,16-,17+/m0/s1. The average Bonchev–Trinajstić information content (AvgIpc) is 3.55. The third-order valence-electron chi connectivity index (χ3n) is 7.51. The Morgan fingerprint density at radius 3 is 2.72 bits per heavy atom. The minimum Gasteiger partial charge on any atom is -0.466 e. The number of thiophene rings is 1. The molecule has 1 saturated heterocycles. The van der Waals surface area contributed by atoms with Crippen LogP contribution in [0.1, 0.15) is 35.4 Å². The number of rotatable bonds is 5. The van der Waals surface area contributed by atoms with Crippen LogP contribution in [0.4, 0.5) is 0 Å². The molecule has 6 rings (SSSR count). The molecule has 4 heterocycles. The van der Waals surface area contributed by atoms with E-state index in [9.17, 15) is 19.2 Å². The number of hydrogen-bond acceptors (Lipinski definition) is 8. The molecule has 2 amide bonds. The Morgan fingerprint density at radius 1 is 1.22 bits per heavy atom. The molecule has 2 bridgehead atoms. The number of aromatic nitrogens is 1. The number of nitrogens with one attached hydrogen (secondary N) is 1. The van der Waals surface area contributed by atoms with Crippen LogP contribution in [0.3, 0.4) is 0 Å². The summed E-state index contributed by atoms with van der Waals surface area (Å²) in [6.07, 6.45) is 0.917. The molecule has 2 aromatic heterocycles. The minimum absolute atomic E-state index is 0.0397. The predicted molar refractivity (Wildman–Crippen MR) is 121 cm³/mol. The van der Waals surface area contributed by atoms with E-state index in [-0.39, 0.29) is 83.0 Å². The second kappa shape index (κ2) is 7.56. The molecule has 4 aliphatic rings. The van der Waals surface area contributed by atoms with E-state index < -0.39 is 0 Å². The molecule has 10 heteroatoms. The number of hydrogen-bond donors (Lipinski definition) is 1. The second-order valence-electron chi connectivity index (χ2n) is 8.86. The lowest BCUT2D eigenvalue weighted by Gasteiger charge is -2.42. The van der Waals surface area contributed by atoms with Crippen LogP contribution < -0.4 is 4.87 Å². The number of H-pyrrole nitrogens is 1. The van der Waals surface area contributed by atoms with Crippen molar-refractivity contribution in [3.8, 4) is 0 Å². The van der Waals surface area contributed by atoms with Gasteiger partial charge in [0.25, 0.3) is 0 Å². The highest BCUT2D eigenvalue weighted by molar-refractivity contribution is 8.00. The number of likely N-dealkylation sites (tertiary alicyclic amines) is 1. The molecule has 2 aromatic rings. The summed E-state index contributed by atoms with van der Waals surface area (Å²) in [6.45, 7) is 2.12. The van der Waals surface area contributed by atoms with Gasteiger partial charge in [-0.25, -0.2) is 0 Å². The third kappa shape index (κ3) is 2.85. The number of thioether (sulfide) groups is 1. The lowest BCUT2D eigenvalue weighted by molar-refractivity contribution is -0.145. The fraction of sp³-hybridized carbons (Fsp3) is 0.545. The summed E-state index contributed by atoms with van der Waals surface area (Å²) >= 11 is 4.66.